The van der Waals surface area contributed by atoms with Gasteiger partial charge in [-0.3, -0.25) is 14.4 Å². The van der Waals surface area contributed by atoms with Gasteiger partial charge in [-0.2, -0.15) is 10.4 Å². The molecule has 1 aromatic heterocycles. The molecule has 0 spiro atoms. The standard InChI is InChI=1S/C29H31N5O6/c1-5-39-26-13-21(8-11-25(26)40-18-28(36)32-23-9-6-19(2)7-10-23)15-31-33-27(35)16-34-20(3)12-22(17-38-4)24(14-30)29(34)37/h6-13,15H,5,16-18H2,1-4H3,(H,32,36)(H,33,35)/b31-15-. The van der Waals surface area contributed by atoms with E-state index in [4.69, 9.17) is 14.2 Å². The van der Waals surface area contributed by atoms with Crippen LogP contribution in [-0.2, 0) is 27.5 Å². The molecule has 0 aliphatic heterocycles. The fraction of sp³-hybridized carbons (Fsp3) is 0.276. The summed E-state index contributed by atoms with van der Waals surface area (Å²) in [5.74, 6) is -0.0796. The summed E-state index contributed by atoms with van der Waals surface area (Å²) in [6.07, 6.45) is 1.41. The Hall–Kier alpha value is -4.95. The fourth-order valence-corrected chi connectivity index (χ4v) is 3.75. The van der Waals surface area contributed by atoms with Crippen molar-refractivity contribution in [2.75, 3.05) is 25.6 Å². The number of pyridine rings is 1. The number of hydrogen-bond acceptors (Lipinski definition) is 8. The van der Waals surface area contributed by atoms with Gasteiger partial charge in [0.05, 0.1) is 19.4 Å². The third-order valence-corrected chi connectivity index (χ3v) is 5.67. The highest BCUT2D eigenvalue weighted by molar-refractivity contribution is 5.92. The number of carbonyl (C=O) groups excluding carboxylic acids is 2. The highest BCUT2D eigenvalue weighted by Crippen LogP contribution is 2.28. The summed E-state index contributed by atoms with van der Waals surface area (Å²) in [7, 11) is 1.47. The third kappa shape index (κ3) is 8.02. The van der Waals surface area contributed by atoms with Crippen LogP contribution in [0.2, 0.25) is 0 Å². The monoisotopic (exact) mass is 545 g/mol. The van der Waals surface area contributed by atoms with Gasteiger partial charge in [-0.25, -0.2) is 5.43 Å². The van der Waals surface area contributed by atoms with E-state index in [1.54, 1.807) is 31.2 Å². The van der Waals surface area contributed by atoms with Crippen LogP contribution in [-0.4, -0.2) is 42.9 Å². The van der Waals surface area contributed by atoms with Gasteiger partial charge in [0.25, 0.3) is 17.4 Å². The molecule has 3 aromatic rings. The Morgan fingerprint density at radius 1 is 1.05 bits per heavy atom. The van der Waals surface area contributed by atoms with E-state index < -0.39 is 11.5 Å². The van der Waals surface area contributed by atoms with Gasteiger partial charge in [0, 0.05) is 24.1 Å². The van der Waals surface area contributed by atoms with E-state index in [9.17, 15) is 19.6 Å². The Labute approximate surface area is 232 Å². The summed E-state index contributed by atoms with van der Waals surface area (Å²) in [6, 6.07) is 15.9. The summed E-state index contributed by atoms with van der Waals surface area (Å²) in [4.78, 5) is 37.4. The molecule has 0 unspecified atom stereocenters. The maximum atomic E-state index is 12.7. The molecule has 0 bridgehead atoms. The minimum Gasteiger partial charge on any atom is -0.490 e. The number of hydrogen-bond donors (Lipinski definition) is 2. The second-order valence-electron chi connectivity index (χ2n) is 8.76. The van der Waals surface area contributed by atoms with Crippen LogP contribution in [0.4, 0.5) is 5.69 Å². The molecule has 11 nitrogen and oxygen atoms in total. The van der Waals surface area contributed by atoms with Crippen LogP contribution in [0.3, 0.4) is 0 Å². The van der Waals surface area contributed by atoms with Crippen LogP contribution in [0.25, 0.3) is 0 Å². The van der Waals surface area contributed by atoms with Crippen LogP contribution in [0, 0.1) is 25.2 Å². The number of nitriles is 1. The van der Waals surface area contributed by atoms with Crippen LogP contribution in [0.5, 0.6) is 11.5 Å². The number of hydrazone groups is 1. The maximum absolute atomic E-state index is 12.7. The molecule has 0 aliphatic rings. The lowest BCUT2D eigenvalue weighted by molar-refractivity contribution is -0.121. The summed E-state index contributed by atoms with van der Waals surface area (Å²) in [6.45, 7) is 5.41. The number of aromatic nitrogens is 1. The van der Waals surface area contributed by atoms with Crippen molar-refractivity contribution in [2.45, 2.75) is 33.9 Å². The van der Waals surface area contributed by atoms with Crippen molar-refractivity contribution in [3.05, 3.63) is 86.8 Å². The molecule has 2 N–H and O–H groups in total. The summed E-state index contributed by atoms with van der Waals surface area (Å²) in [5.41, 5.74) is 5.08. The van der Waals surface area contributed by atoms with Gasteiger partial charge in [0.2, 0.25) is 0 Å². The summed E-state index contributed by atoms with van der Waals surface area (Å²) in [5, 5.41) is 16.1. The topological polar surface area (TPSA) is 144 Å². The molecule has 0 fully saturated rings. The lowest BCUT2D eigenvalue weighted by Crippen LogP contribution is -2.33. The van der Waals surface area contributed by atoms with Crippen molar-refractivity contribution in [2.24, 2.45) is 5.10 Å². The van der Waals surface area contributed by atoms with E-state index in [0.29, 0.717) is 40.6 Å². The predicted molar refractivity (Wildman–Crippen MR) is 150 cm³/mol. The quantitative estimate of drug-likeness (QED) is 0.263. The molecule has 0 saturated heterocycles. The van der Waals surface area contributed by atoms with Gasteiger partial charge >= 0.3 is 0 Å². The summed E-state index contributed by atoms with van der Waals surface area (Å²) < 4.78 is 17.6. The molecule has 1 heterocycles. The first kappa shape index (κ1) is 29.6. The number of carbonyl (C=O) groups is 2. The zero-order valence-electron chi connectivity index (χ0n) is 22.8. The van der Waals surface area contributed by atoms with Crippen LogP contribution < -0.4 is 25.8 Å². The van der Waals surface area contributed by atoms with Crippen LogP contribution >= 0.6 is 0 Å². The lowest BCUT2D eigenvalue weighted by atomic mass is 10.1. The van der Waals surface area contributed by atoms with Crippen molar-refractivity contribution in [3.63, 3.8) is 0 Å². The lowest BCUT2D eigenvalue weighted by Gasteiger charge is -2.13. The zero-order valence-corrected chi connectivity index (χ0v) is 22.8. The van der Waals surface area contributed by atoms with Crippen LogP contribution in [0.15, 0.2) is 58.4 Å². The molecule has 0 radical (unpaired) electrons. The second-order valence-corrected chi connectivity index (χ2v) is 8.76. The molecular weight excluding hydrogens is 514 g/mol. The molecule has 2 aromatic carbocycles. The third-order valence-electron chi connectivity index (χ3n) is 5.67. The molecule has 3 rings (SSSR count). The number of methoxy groups -OCH3 is 1. The van der Waals surface area contributed by atoms with E-state index in [-0.39, 0.29) is 31.2 Å². The Morgan fingerprint density at radius 3 is 2.48 bits per heavy atom. The van der Waals surface area contributed by atoms with Crippen molar-refractivity contribution in [3.8, 4) is 17.6 Å². The average Bonchev–Trinajstić information content (AvgIpc) is 2.92. The van der Waals surface area contributed by atoms with Crippen molar-refractivity contribution < 1.29 is 23.8 Å². The first-order chi connectivity index (χ1) is 19.2. The SMILES string of the molecule is CCOc1cc(/C=N\NC(=O)Cn2c(C)cc(COC)c(C#N)c2=O)ccc1OCC(=O)Nc1ccc(C)cc1. The molecule has 208 valence electrons. The number of ether oxygens (including phenoxy) is 3. The number of rotatable bonds is 12. The molecule has 40 heavy (non-hydrogen) atoms. The number of anilines is 1. The van der Waals surface area contributed by atoms with Gasteiger partial charge in [-0.05, 0) is 62.7 Å². The normalized spacial score (nSPS) is 10.7. The number of nitrogens with zero attached hydrogens (tertiary/aromatic N) is 3. The maximum Gasteiger partial charge on any atom is 0.269 e. The van der Waals surface area contributed by atoms with Crippen LogP contribution in [0.1, 0.15) is 34.9 Å². The fourth-order valence-electron chi connectivity index (χ4n) is 3.75. The molecule has 11 heteroatoms. The van der Waals surface area contributed by atoms with Crippen molar-refractivity contribution in [1.29, 1.82) is 5.26 Å². The highest BCUT2D eigenvalue weighted by Gasteiger charge is 2.15. The number of benzene rings is 2. The molecule has 0 aliphatic carbocycles. The Balaban J connectivity index is 1.62. The number of amides is 2. The Morgan fingerprint density at radius 2 is 1.80 bits per heavy atom. The first-order valence-electron chi connectivity index (χ1n) is 12.5. The molecule has 0 saturated carbocycles. The van der Waals surface area contributed by atoms with E-state index in [2.05, 4.69) is 15.8 Å². The second kappa shape index (κ2) is 14.3. The largest absolute Gasteiger partial charge is 0.490 e. The Bertz CT molecular complexity index is 1490. The van der Waals surface area contributed by atoms with Gasteiger partial charge in [0.1, 0.15) is 18.2 Å². The first-order valence-corrected chi connectivity index (χ1v) is 12.5. The smallest absolute Gasteiger partial charge is 0.269 e. The van der Waals surface area contributed by atoms with Crippen molar-refractivity contribution >= 4 is 23.7 Å². The minimum atomic E-state index is -0.571. The molecule has 0 atom stereocenters. The highest BCUT2D eigenvalue weighted by atomic mass is 16.5. The van der Waals surface area contributed by atoms with Crippen molar-refractivity contribution in [1.82, 2.24) is 9.99 Å². The number of nitrogens with one attached hydrogen (secondary N) is 2. The van der Waals surface area contributed by atoms with E-state index >= 15 is 0 Å². The Kier molecular flexibility index (Phi) is 10.6. The molecular formula is C29H31N5O6. The van der Waals surface area contributed by atoms with Gasteiger partial charge < -0.3 is 24.1 Å². The van der Waals surface area contributed by atoms with Gasteiger partial charge in [-0.15, -0.1) is 0 Å². The van der Waals surface area contributed by atoms with E-state index in [1.165, 1.54) is 17.9 Å². The summed E-state index contributed by atoms with van der Waals surface area (Å²) >= 11 is 0. The average molecular weight is 546 g/mol. The zero-order chi connectivity index (χ0) is 29.1. The predicted octanol–water partition coefficient (Wildman–Crippen LogP) is 3.05. The van der Waals surface area contributed by atoms with E-state index in [0.717, 1.165) is 5.56 Å². The van der Waals surface area contributed by atoms with Gasteiger partial charge in [-0.1, -0.05) is 17.7 Å². The molecule has 2 amide bonds. The van der Waals surface area contributed by atoms with E-state index in [1.807, 2.05) is 44.2 Å². The number of aryl methyl sites for hydroxylation is 2. The van der Waals surface area contributed by atoms with Gasteiger partial charge in [0.15, 0.2) is 18.1 Å². The minimum absolute atomic E-state index is 0.0675.